The zero-order chi connectivity index (χ0) is 25.3. The third-order valence-electron chi connectivity index (χ3n) is 7.58. The number of hydrogen-bond donors (Lipinski definition) is 1. The summed E-state index contributed by atoms with van der Waals surface area (Å²) < 4.78 is 27.7. The lowest BCUT2D eigenvalue weighted by atomic mass is 9.84. The Kier molecular flexibility index (Phi) is 7.23. The number of nitrogens with one attached hydrogen (secondary N) is 1. The maximum Gasteiger partial charge on any atom is 0.252 e. The van der Waals surface area contributed by atoms with E-state index >= 15 is 0 Å². The molecule has 5 rings (SSSR count). The highest BCUT2D eigenvalue weighted by Crippen LogP contribution is 2.35. The van der Waals surface area contributed by atoms with Crippen molar-refractivity contribution in [1.82, 2.24) is 19.5 Å². The highest BCUT2D eigenvalue weighted by atomic mass is 32.2. The van der Waals surface area contributed by atoms with E-state index in [4.69, 9.17) is 0 Å². The summed E-state index contributed by atoms with van der Waals surface area (Å²) in [5.41, 5.74) is 0.506. The number of carbonyl (C=O) groups is 3. The topological polar surface area (TPSA) is 117 Å². The van der Waals surface area contributed by atoms with Gasteiger partial charge in [-0.25, -0.2) is 8.42 Å². The summed E-state index contributed by atoms with van der Waals surface area (Å²) in [6, 6.07) is 2.51. The highest BCUT2D eigenvalue weighted by molar-refractivity contribution is 7.89. The van der Waals surface area contributed by atoms with Gasteiger partial charge in [0.2, 0.25) is 15.9 Å². The largest absolute Gasteiger partial charge is 0.340 e. The summed E-state index contributed by atoms with van der Waals surface area (Å²) >= 11 is 1.41. The monoisotopic (exact) mass is 530 g/mol. The molecule has 3 unspecified atom stereocenters. The minimum absolute atomic E-state index is 0.0291. The van der Waals surface area contributed by atoms with E-state index in [1.165, 1.54) is 45.4 Å². The van der Waals surface area contributed by atoms with Gasteiger partial charge in [-0.3, -0.25) is 19.4 Å². The Morgan fingerprint density at radius 3 is 2.67 bits per heavy atom. The normalized spacial score (nSPS) is 24.0. The van der Waals surface area contributed by atoms with Gasteiger partial charge >= 0.3 is 0 Å². The number of fused-ring (bicyclic) bond motifs is 1. The lowest BCUT2D eigenvalue weighted by Crippen LogP contribution is -2.53. The first-order chi connectivity index (χ1) is 17.4. The molecule has 3 atom stereocenters. The van der Waals surface area contributed by atoms with Gasteiger partial charge in [0.05, 0.1) is 18.2 Å². The molecule has 2 aliphatic heterocycles. The number of aromatic nitrogens is 1. The molecule has 3 aliphatic rings. The first-order valence-electron chi connectivity index (χ1n) is 12.4. The van der Waals surface area contributed by atoms with Crippen molar-refractivity contribution in [3.8, 4) is 0 Å². The van der Waals surface area contributed by atoms with Crippen molar-refractivity contribution in [1.29, 1.82) is 0 Å². The fourth-order valence-corrected chi connectivity index (χ4v) is 8.01. The van der Waals surface area contributed by atoms with E-state index in [1.807, 2.05) is 5.38 Å². The molecule has 0 aromatic carbocycles. The number of pyridine rings is 1. The fourth-order valence-electron chi connectivity index (χ4n) is 5.79. The number of thiophene rings is 1. The minimum Gasteiger partial charge on any atom is -0.340 e. The SMILES string of the molecule is O=C(NC(CC1CCCCC1)C(=O)N1CCC2C1C(=O)CN2S(=O)(=O)c1cccnc1)c1ccsc1. The van der Waals surface area contributed by atoms with Crippen LogP contribution in [0.1, 0.15) is 55.3 Å². The minimum atomic E-state index is -3.92. The predicted octanol–water partition coefficient (Wildman–Crippen LogP) is 2.46. The lowest BCUT2D eigenvalue weighted by molar-refractivity contribution is -0.138. The van der Waals surface area contributed by atoms with Gasteiger partial charge in [0.1, 0.15) is 17.0 Å². The average Bonchev–Trinajstić information content (AvgIpc) is 3.64. The molecular weight excluding hydrogens is 500 g/mol. The number of Topliss-reactive ketones (excluding diaryl/α,β-unsaturated/α-hetero) is 1. The third-order valence-corrected chi connectivity index (χ3v) is 10.1. The van der Waals surface area contributed by atoms with Crippen LogP contribution in [0.25, 0.3) is 0 Å². The van der Waals surface area contributed by atoms with Crippen molar-refractivity contribution < 1.29 is 22.8 Å². The van der Waals surface area contributed by atoms with E-state index in [0.29, 0.717) is 24.3 Å². The molecule has 2 aromatic heterocycles. The summed E-state index contributed by atoms with van der Waals surface area (Å²) in [5, 5.41) is 6.48. The lowest BCUT2D eigenvalue weighted by Gasteiger charge is -2.31. The van der Waals surface area contributed by atoms with E-state index in [-0.39, 0.29) is 35.6 Å². The van der Waals surface area contributed by atoms with Gasteiger partial charge in [0, 0.05) is 24.3 Å². The summed E-state index contributed by atoms with van der Waals surface area (Å²) in [6.45, 7) is -0.000645. The van der Waals surface area contributed by atoms with Crippen LogP contribution in [0.15, 0.2) is 46.2 Å². The second-order valence-electron chi connectivity index (χ2n) is 9.82. The molecule has 3 fully saturated rings. The molecule has 9 nitrogen and oxygen atoms in total. The smallest absolute Gasteiger partial charge is 0.252 e. The molecule has 1 saturated carbocycles. The van der Waals surface area contributed by atoms with E-state index in [0.717, 1.165) is 25.7 Å². The Bertz CT molecular complexity index is 1210. The number of likely N-dealkylation sites (tertiary alicyclic amines) is 1. The number of amides is 2. The predicted molar refractivity (Wildman–Crippen MR) is 134 cm³/mol. The number of sulfonamides is 1. The van der Waals surface area contributed by atoms with Crippen LogP contribution in [0.3, 0.4) is 0 Å². The Hall–Kier alpha value is -2.63. The van der Waals surface area contributed by atoms with Crippen LogP contribution in [0, 0.1) is 5.92 Å². The van der Waals surface area contributed by atoms with Gasteiger partial charge in [-0.2, -0.15) is 15.6 Å². The van der Waals surface area contributed by atoms with Gasteiger partial charge in [-0.1, -0.05) is 32.1 Å². The van der Waals surface area contributed by atoms with Crippen molar-refractivity contribution in [2.75, 3.05) is 13.1 Å². The van der Waals surface area contributed by atoms with Crippen molar-refractivity contribution in [3.05, 3.63) is 46.9 Å². The standard InChI is InChI=1S/C25H30N4O5S2/c30-22-15-29(36(33,34)19-7-4-10-26-14-19)21-8-11-28(23(21)22)25(32)20(13-17-5-2-1-3-6-17)27-24(31)18-9-12-35-16-18/h4,7,9-10,12,14,16-17,20-21,23H,1-3,5-6,8,11,13,15H2,(H,27,31). The Morgan fingerprint density at radius 2 is 1.97 bits per heavy atom. The van der Waals surface area contributed by atoms with Gasteiger partial charge in [-0.05, 0) is 42.3 Å². The van der Waals surface area contributed by atoms with Crippen LogP contribution >= 0.6 is 11.3 Å². The number of rotatable bonds is 7. The van der Waals surface area contributed by atoms with Crippen molar-refractivity contribution in [2.45, 2.75) is 68.0 Å². The van der Waals surface area contributed by atoms with Gasteiger partial charge in [0.15, 0.2) is 5.78 Å². The second kappa shape index (κ2) is 10.4. The molecule has 0 spiro atoms. The van der Waals surface area contributed by atoms with Crippen molar-refractivity contribution >= 4 is 39.0 Å². The van der Waals surface area contributed by atoms with E-state index < -0.39 is 28.1 Å². The fraction of sp³-hybridized carbons (Fsp3) is 0.520. The Balaban J connectivity index is 1.36. The zero-order valence-electron chi connectivity index (χ0n) is 19.9. The molecule has 11 heteroatoms. The Morgan fingerprint density at radius 1 is 1.17 bits per heavy atom. The van der Waals surface area contributed by atoms with Gasteiger partial charge in [0.25, 0.3) is 5.91 Å². The number of hydrogen-bond acceptors (Lipinski definition) is 7. The van der Waals surface area contributed by atoms with Crippen molar-refractivity contribution in [3.63, 3.8) is 0 Å². The van der Waals surface area contributed by atoms with E-state index in [1.54, 1.807) is 17.5 Å². The first kappa shape index (κ1) is 25.0. The summed E-state index contributed by atoms with van der Waals surface area (Å²) in [5.74, 6) is -0.570. The van der Waals surface area contributed by atoms with Crippen LogP contribution in [0.5, 0.6) is 0 Å². The second-order valence-corrected chi connectivity index (χ2v) is 12.5. The number of ketones is 1. The van der Waals surface area contributed by atoms with Gasteiger partial charge < -0.3 is 10.2 Å². The van der Waals surface area contributed by atoms with Crippen LogP contribution in [-0.2, 0) is 19.6 Å². The molecule has 4 heterocycles. The highest BCUT2D eigenvalue weighted by Gasteiger charge is 2.54. The number of nitrogens with zero attached hydrogens (tertiary/aromatic N) is 3. The summed E-state index contributed by atoms with van der Waals surface area (Å²) in [6.07, 6.45) is 9.08. The summed E-state index contributed by atoms with van der Waals surface area (Å²) in [7, 11) is -3.92. The molecular formula is C25H30N4O5S2. The Labute approximate surface area is 214 Å². The van der Waals surface area contributed by atoms with Crippen molar-refractivity contribution in [2.24, 2.45) is 5.92 Å². The van der Waals surface area contributed by atoms with Crippen LogP contribution in [-0.4, -0.2) is 71.4 Å². The molecule has 1 aliphatic carbocycles. The van der Waals surface area contributed by atoms with E-state index in [2.05, 4.69) is 10.3 Å². The van der Waals surface area contributed by atoms with E-state index in [9.17, 15) is 22.8 Å². The van der Waals surface area contributed by atoms with Crippen LogP contribution < -0.4 is 5.32 Å². The average molecular weight is 531 g/mol. The maximum atomic E-state index is 13.8. The molecule has 1 N–H and O–H groups in total. The van der Waals surface area contributed by atoms with Crippen LogP contribution in [0.4, 0.5) is 0 Å². The molecule has 2 aromatic rings. The zero-order valence-corrected chi connectivity index (χ0v) is 21.5. The quantitative estimate of drug-likeness (QED) is 0.588. The third kappa shape index (κ3) is 4.83. The van der Waals surface area contributed by atoms with Gasteiger partial charge in [-0.15, -0.1) is 0 Å². The molecule has 2 amide bonds. The van der Waals surface area contributed by atoms with Crippen LogP contribution in [0.2, 0.25) is 0 Å². The maximum absolute atomic E-state index is 13.8. The molecule has 192 valence electrons. The molecule has 36 heavy (non-hydrogen) atoms. The number of carbonyl (C=O) groups excluding carboxylic acids is 3. The molecule has 2 saturated heterocycles. The molecule has 0 radical (unpaired) electrons. The first-order valence-corrected chi connectivity index (χ1v) is 14.8. The summed E-state index contributed by atoms with van der Waals surface area (Å²) in [4.78, 5) is 45.2. The molecule has 0 bridgehead atoms.